The van der Waals surface area contributed by atoms with Crippen LogP contribution in [-0.4, -0.2) is 33.4 Å². The Morgan fingerprint density at radius 1 is 1.60 bits per heavy atom. The minimum absolute atomic E-state index is 0.181. The standard InChI is InChI=1S/C10H17N3O2/c1-6(14)5-11-10(15)9-7(2)12-13(4)8(9)3/h6,14H,5H2,1-4H3,(H,11,15)/t6-/m1/s1. The fourth-order valence-electron chi connectivity index (χ4n) is 1.43. The maximum atomic E-state index is 11.7. The van der Waals surface area contributed by atoms with E-state index in [4.69, 9.17) is 5.11 Å². The van der Waals surface area contributed by atoms with Gasteiger partial charge in [-0.15, -0.1) is 0 Å². The number of aliphatic hydroxyl groups is 1. The van der Waals surface area contributed by atoms with E-state index in [1.165, 1.54) is 0 Å². The third-order valence-electron chi connectivity index (χ3n) is 2.29. The fraction of sp³-hybridized carbons (Fsp3) is 0.600. The molecule has 0 aliphatic rings. The monoisotopic (exact) mass is 211 g/mol. The van der Waals surface area contributed by atoms with Crippen LogP contribution in [0.2, 0.25) is 0 Å². The van der Waals surface area contributed by atoms with Gasteiger partial charge in [-0.05, 0) is 20.8 Å². The third-order valence-corrected chi connectivity index (χ3v) is 2.29. The number of carbonyl (C=O) groups is 1. The second kappa shape index (κ2) is 4.44. The first-order valence-corrected chi connectivity index (χ1v) is 4.90. The Morgan fingerprint density at radius 3 is 2.60 bits per heavy atom. The molecule has 1 aromatic rings. The van der Waals surface area contributed by atoms with Crippen LogP contribution in [0.25, 0.3) is 0 Å². The summed E-state index contributed by atoms with van der Waals surface area (Å²) >= 11 is 0. The van der Waals surface area contributed by atoms with Crippen molar-refractivity contribution >= 4 is 5.91 Å². The van der Waals surface area contributed by atoms with Gasteiger partial charge in [-0.3, -0.25) is 9.48 Å². The molecular weight excluding hydrogens is 194 g/mol. The minimum atomic E-state index is -0.536. The van der Waals surface area contributed by atoms with E-state index in [1.54, 1.807) is 25.6 Å². The number of rotatable bonds is 3. The van der Waals surface area contributed by atoms with Crippen LogP contribution in [-0.2, 0) is 7.05 Å². The molecule has 15 heavy (non-hydrogen) atoms. The van der Waals surface area contributed by atoms with Crippen LogP contribution in [0.15, 0.2) is 0 Å². The van der Waals surface area contributed by atoms with Gasteiger partial charge in [0.25, 0.3) is 5.91 Å². The number of nitrogens with one attached hydrogen (secondary N) is 1. The zero-order valence-electron chi connectivity index (χ0n) is 9.53. The lowest BCUT2D eigenvalue weighted by atomic mass is 10.2. The summed E-state index contributed by atoms with van der Waals surface area (Å²) in [6, 6.07) is 0. The zero-order valence-corrected chi connectivity index (χ0v) is 9.53. The third kappa shape index (κ3) is 2.56. The molecule has 2 N–H and O–H groups in total. The van der Waals surface area contributed by atoms with Gasteiger partial charge in [0.15, 0.2) is 0 Å². The average Bonchev–Trinajstić information content (AvgIpc) is 2.37. The lowest BCUT2D eigenvalue weighted by Gasteiger charge is -2.07. The van der Waals surface area contributed by atoms with E-state index in [0.717, 1.165) is 5.69 Å². The molecule has 5 heteroatoms. The highest BCUT2D eigenvalue weighted by molar-refractivity contribution is 5.96. The molecule has 0 aliphatic heterocycles. The number of aromatic nitrogens is 2. The summed E-state index contributed by atoms with van der Waals surface area (Å²) in [7, 11) is 1.80. The predicted octanol–water partition coefficient (Wildman–Crippen LogP) is 0.148. The number of carbonyl (C=O) groups excluding carboxylic acids is 1. The second-order valence-electron chi connectivity index (χ2n) is 3.73. The maximum absolute atomic E-state index is 11.7. The molecule has 0 bridgehead atoms. The summed E-state index contributed by atoms with van der Waals surface area (Å²) in [4.78, 5) is 11.7. The van der Waals surface area contributed by atoms with Crippen LogP contribution in [0.1, 0.15) is 28.7 Å². The van der Waals surface area contributed by atoms with Crippen LogP contribution >= 0.6 is 0 Å². The molecule has 0 saturated heterocycles. The van der Waals surface area contributed by atoms with Gasteiger partial charge in [-0.1, -0.05) is 0 Å². The number of aryl methyl sites for hydroxylation is 2. The second-order valence-corrected chi connectivity index (χ2v) is 3.73. The number of amides is 1. The van der Waals surface area contributed by atoms with Crippen LogP contribution in [0, 0.1) is 13.8 Å². The van der Waals surface area contributed by atoms with Crippen LogP contribution in [0.5, 0.6) is 0 Å². The Morgan fingerprint density at radius 2 is 2.20 bits per heavy atom. The first-order chi connectivity index (χ1) is 6.93. The van der Waals surface area contributed by atoms with Crippen molar-refractivity contribution in [3.63, 3.8) is 0 Å². The van der Waals surface area contributed by atoms with E-state index in [0.29, 0.717) is 11.3 Å². The van der Waals surface area contributed by atoms with Crippen molar-refractivity contribution in [3.8, 4) is 0 Å². The molecule has 5 nitrogen and oxygen atoms in total. The van der Waals surface area contributed by atoms with E-state index in [2.05, 4.69) is 10.4 Å². The molecule has 1 aromatic heterocycles. The SMILES string of the molecule is Cc1nn(C)c(C)c1C(=O)NC[C@@H](C)O. The summed E-state index contributed by atoms with van der Waals surface area (Å²) < 4.78 is 1.67. The predicted molar refractivity (Wildman–Crippen MR) is 56.7 cm³/mol. The zero-order chi connectivity index (χ0) is 11.6. The molecule has 0 fully saturated rings. The van der Waals surface area contributed by atoms with E-state index < -0.39 is 6.10 Å². The van der Waals surface area contributed by atoms with Gasteiger partial charge in [-0.25, -0.2) is 0 Å². The molecule has 84 valence electrons. The van der Waals surface area contributed by atoms with E-state index >= 15 is 0 Å². The smallest absolute Gasteiger partial charge is 0.255 e. The molecule has 0 unspecified atom stereocenters. The van der Waals surface area contributed by atoms with Crippen molar-refractivity contribution in [2.45, 2.75) is 26.9 Å². The van der Waals surface area contributed by atoms with Gasteiger partial charge in [0.1, 0.15) is 0 Å². The highest BCUT2D eigenvalue weighted by Gasteiger charge is 2.16. The Balaban J connectivity index is 2.82. The van der Waals surface area contributed by atoms with Crippen LogP contribution in [0.3, 0.4) is 0 Å². The van der Waals surface area contributed by atoms with E-state index in [-0.39, 0.29) is 12.5 Å². The van der Waals surface area contributed by atoms with E-state index in [1.807, 2.05) is 6.92 Å². The molecule has 0 aromatic carbocycles. The maximum Gasteiger partial charge on any atom is 0.255 e. The van der Waals surface area contributed by atoms with Crippen LogP contribution in [0.4, 0.5) is 0 Å². The van der Waals surface area contributed by atoms with Crippen molar-refractivity contribution in [2.75, 3.05) is 6.54 Å². The molecule has 1 heterocycles. The van der Waals surface area contributed by atoms with Crippen molar-refractivity contribution < 1.29 is 9.90 Å². The Labute approximate surface area is 89.1 Å². The number of nitrogens with zero attached hydrogens (tertiary/aromatic N) is 2. The summed E-state index contributed by atoms with van der Waals surface area (Å²) in [6.45, 7) is 5.53. The van der Waals surface area contributed by atoms with Gasteiger partial charge >= 0.3 is 0 Å². The first-order valence-electron chi connectivity index (χ1n) is 4.90. The molecule has 1 rings (SSSR count). The van der Waals surface area contributed by atoms with Crippen molar-refractivity contribution in [1.82, 2.24) is 15.1 Å². The largest absolute Gasteiger partial charge is 0.392 e. The lowest BCUT2D eigenvalue weighted by molar-refractivity contribution is 0.0922. The van der Waals surface area contributed by atoms with Crippen molar-refractivity contribution in [1.29, 1.82) is 0 Å². The van der Waals surface area contributed by atoms with Crippen molar-refractivity contribution in [2.24, 2.45) is 7.05 Å². The van der Waals surface area contributed by atoms with Gasteiger partial charge in [-0.2, -0.15) is 5.10 Å². The van der Waals surface area contributed by atoms with E-state index in [9.17, 15) is 4.79 Å². The molecule has 0 saturated carbocycles. The minimum Gasteiger partial charge on any atom is -0.392 e. The molecule has 0 spiro atoms. The molecule has 0 aliphatic carbocycles. The first kappa shape index (κ1) is 11.7. The Hall–Kier alpha value is -1.36. The van der Waals surface area contributed by atoms with Crippen molar-refractivity contribution in [3.05, 3.63) is 17.0 Å². The average molecular weight is 211 g/mol. The van der Waals surface area contributed by atoms with Crippen LogP contribution < -0.4 is 5.32 Å². The molecule has 0 radical (unpaired) electrons. The van der Waals surface area contributed by atoms with Gasteiger partial charge in [0.05, 0.1) is 17.4 Å². The lowest BCUT2D eigenvalue weighted by Crippen LogP contribution is -2.31. The quantitative estimate of drug-likeness (QED) is 0.747. The number of hydrogen-bond acceptors (Lipinski definition) is 3. The summed E-state index contributed by atoms with van der Waals surface area (Å²) in [5.41, 5.74) is 2.13. The summed E-state index contributed by atoms with van der Waals surface area (Å²) in [5.74, 6) is -0.181. The molecule has 1 atom stereocenters. The molecule has 1 amide bonds. The Kier molecular flexibility index (Phi) is 3.47. The number of aliphatic hydroxyl groups excluding tert-OH is 1. The van der Waals surface area contributed by atoms with Gasteiger partial charge < -0.3 is 10.4 Å². The molecular formula is C10H17N3O2. The van der Waals surface area contributed by atoms with Gasteiger partial charge in [0, 0.05) is 19.3 Å². The van der Waals surface area contributed by atoms with Gasteiger partial charge in [0.2, 0.25) is 0 Å². The summed E-state index contributed by atoms with van der Waals surface area (Å²) in [5, 5.41) is 15.9. The highest BCUT2D eigenvalue weighted by atomic mass is 16.3. The normalized spacial score (nSPS) is 12.6. The Bertz CT molecular complexity index is 369. The fourth-order valence-corrected chi connectivity index (χ4v) is 1.43. The number of hydrogen-bond donors (Lipinski definition) is 2. The topological polar surface area (TPSA) is 67.2 Å². The highest BCUT2D eigenvalue weighted by Crippen LogP contribution is 2.11. The summed E-state index contributed by atoms with van der Waals surface area (Å²) in [6.07, 6.45) is -0.536.